The first kappa shape index (κ1) is 15.7. The van der Waals surface area contributed by atoms with Gasteiger partial charge in [-0.1, -0.05) is 6.08 Å². The van der Waals surface area contributed by atoms with E-state index in [9.17, 15) is 4.79 Å². The molecule has 7 nitrogen and oxygen atoms in total. The summed E-state index contributed by atoms with van der Waals surface area (Å²) in [5, 5.41) is 2.65. The van der Waals surface area contributed by atoms with Gasteiger partial charge in [-0.25, -0.2) is 14.8 Å². The minimum atomic E-state index is -0.489. The fraction of sp³-hybridized carbons (Fsp3) is 0.462. The van der Waals surface area contributed by atoms with E-state index in [0.29, 0.717) is 18.7 Å². The summed E-state index contributed by atoms with van der Waals surface area (Å²) in [5.74, 6) is 0.424. The minimum Gasteiger partial charge on any atom is -0.444 e. The number of alkyl carbamates (subject to hydrolysis) is 1. The standard InChI is InChI=1S/C13H21N5O2/c1-13(2,3)20-12(19)16-7-5-4-6-9-8-17-10(14)11(15)18-9/h4,6,8H,5,7H2,1-3H3,(H2,14,17)(H2,15,18)(H,16,19). The summed E-state index contributed by atoms with van der Waals surface area (Å²) < 4.78 is 5.10. The second-order valence-electron chi connectivity index (χ2n) is 5.19. The van der Waals surface area contributed by atoms with Gasteiger partial charge in [0, 0.05) is 6.54 Å². The van der Waals surface area contributed by atoms with Crippen LogP contribution in [0.2, 0.25) is 0 Å². The van der Waals surface area contributed by atoms with Crippen LogP contribution in [-0.2, 0) is 4.74 Å². The highest BCUT2D eigenvalue weighted by atomic mass is 16.6. The zero-order chi connectivity index (χ0) is 15.2. The number of carbonyl (C=O) groups excluding carboxylic acids is 1. The minimum absolute atomic E-state index is 0.207. The van der Waals surface area contributed by atoms with Crippen LogP contribution >= 0.6 is 0 Å². The Morgan fingerprint density at radius 2 is 2.10 bits per heavy atom. The Balaban J connectivity index is 2.32. The van der Waals surface area contributed by atoms with Gasteiger partial charge in [-0.15, -0.1) is 0 Å². The van der Waals surface area contributed by atoms with E-state index in [-0.39, 0.29) is 11.6 Å². The average molecular weight is 279 g/mol. The van der Waals surface area contributed by atoms with Crippen molar-refractivity contribution in [1.82, 2.24) is 15.3 Å². The number of hydrogen-bond acceptors (Lipinski definition) is 6. The van der Waals surface area contributed by atoms with E-state index in [1.807, 2.05) is 26.8 Å². The van der Waals surface area contributed by atoms with Crippen LogP contribution in [0.25, 0.3) is 6.08 Å². The van der Waals surface area contributed by atoms with Crippen molar-refractivity contribution in [2.24, 2.45) is 0 Å². The van der Waals surface area contributed by atoms with Crippen LogP contribution in [0.3, 0.4) is 0 Å². The molecular weight excluding hydrogens is 258 g/mol. The van der Waals surface area contributed by atoms with Crippen LogP contribution < -0.4 is 16.8 Å². The summed E-state index contributed by atoms with van der Waals surface area (Å²) in [6.07, 6.45) is 5.37. The molecule has 0 unspecified atom stereocenters. The summed E-state index contributed by atoms with van der Waals surface area (Å²) >= 11 is 0. The van der Waals surface area contributed by atoms with Crippen LogP contribution in [-0.4, -0.2) is 28.2 Å². The average Bonchev–Trinajstić information content (AvgIpc) is 2.31. The Bertz CT molecular complexity index is 494. The molecule has 0 spiro atoms. The number of ether oxygens (including phenoxy) is 1. The van der Waals surface area contributed by atoms with E-state index in [1.54, 1.807) is 6.08 Å². The van der Waals surface area contributed by atoms with Gasteiger partial charge in [-0.2, -0.15) is 0 Å². The molecule has 5 N–H and O–H groups in total. The topological polar surface area (TPSA) is 116 Å². The second kappa shape index (κ2) is 6.74. The Kier molecular flexibility index (Phi) is 5.31. The third-order valence-electron chi connectivity index (χ3n) is 2.12. The molecule has 1 amide bonds. The molecule has 0 saturated carbocycles. The number of nitrogens with zero attached hydrogens (tertiary/aromatic N) is 2. The first-order chi connectivity index (χ1) is 9.28. The van der Waals surface area contributed by atoms with Crippen LogP contribution in [0.4, 0.5) is 16.4 Å². The van der Waals surface area contributed by atoms with Crippen molar-refractivity contribution in [3.8, 4) is 0 Å². The molecule has 0 aliphatic rings. The van der Waals surface area contributed by atoms with Crippen molar-refractivity contribution in [2.45, 2.75) is 32.8 Å². The Morgan fingerprint density at radius 3 is 2.70 bits per heavy atom. The quantitative estimate of drug-likeness (QED) is 0.720. The van der Waals surface area contributed by atoms with Crippen LogP contribution in [0.1, 0.15) is 32.9 Å². The van der Waals surface area contributed by atoms with E-state index in [1.165, 1.54) is 6.20 Å². The van der Waals surface area contributed by atoms with Crippen molar-refractivity contribution < 1.29 is 9.53 Å². The highest BCUT2D eigenvalue weighted by molar-refractivity contribution is 5.67. The number of anilines is 2. The number of nitrogens with two attached hydrogens (primary N) is 2. The zero-order valence-electron chi connectivity index (χ0n) is 12.0. The number of nitrogen functional groups attached to an aromatic ring is 2. The maximum atomic E-state index is 11.4. The molecular formula is C13H21N5O2. The molecule has 1 aromatic rings. The van der Waals surface area contributed by atoms with Gasteiger partial charge in [0.1, 0.15) is 5.60 Å². The molecule has 0 saturated heterocycles. The lowest BCUT2D eigenvalue weighted by molar-refractivity contribution is 0.0529. The van der Waals surface area contributed by atoms with Crippen molar-refractivity contribution in [1.29, 1.82) is 0 Å². The van der Waals surface area contributed by atoms with Gasteiger partial charge in [-0.05, 0) is 33.3 Å². The number of carbonyl (C=O) groups is 1. The first-order valence-electron chi connectivity index (χ1n) is 6.29. The Hall–Kier alpha value is -2.31. The highest BCUT2D eigenvalue weighted by Crippen LogP contribution is 2.08. The molecule has 1 aromatic heterocycles. The molecule has 1 heterocycles. The molecule has 20 heavy (non-hydrogen) atoms. The first-order valence-corrected chi connectivity index (χ1v) is 6.29. The summed E-state index contributed by atoms with van der Waals surface area (Å²) in [5.41, 5.74) is 11.1. The SMILES string of the molecule is CC(C)(C)OC(=O)NCCC=Cc1cnc(N)c(N)n1. The zero-order valence-corrected chi connectivity index (χ0v) is 12.0. The molecule has 0 radical (unpaired) electrons. The summed E-state index contributed by atoms with van der Waals surface area (Å²) in [7, 11) is 0. The molecule has 7 heteroatoms. The lowest BCUT2D eigenvalue weighted by Gasteiger charge is -2.19. The predicted molar refractivity (Wildman–Crippen MR) is 78.7 cm³/mol. The van der Waals surface area contributed by atoms with E-state index >= 15 is 0 Å². The summed E-state index contributed by atoms with van der Waals surface area (Å²) in [4.78, 5) is 19.3. The van der Waals surface area contributed by atoms with Gasteiger partial charge in [0.25, 0.3) is 0 Å². The maximum Gasteiger partial charge on any atom is 0.407 e. The third-order valence-corrected chi connectivity index (χ3v) is 2.12. The molecule has 0 fully saturated rings. The predicted octanol–water partition coefficient (Wildman–Crippen LogP) is 1.57. The largest absolute Gasteiger partial charge is 0.444 e. The maximum absolute atomic E-state index is 11.4. The lowest BCUT2D eigenvalue weighted by atomic mass is 10.2. The molecule has 0 bridgehead atoms. The van der Waals surface area contributed by atoms with E-state index < -0.39 is 11.7 Å². The molecule has 0 atom stereocenters. The number of rotatable bonds is 4. The van der Waals surface area contributed by atoms with Gasteiger partial charge in [0.2, 0.25) is 0 Å². The molecule has 110 valence electrons. The fourth-order valence-corrected chi connectivity index (χ4v) is 1.28. The van der Waals surface area contributed by atoms with Gasteiger partial charge < -0.3 is 21.5 Å². The van der Waals surface area contributed by atoms with Gasteiger partial charge in [0.05, 0.1) is 11.9 Å². The monoisotopic (exact) mass is 279 g/mol. The van der Waals surface area contributed by atoms with E-state index in [0.717, 1.165) is 0 Å². The van der Waals surface area contributed by atoms with Crippen molar-refractivity contribution >= 4 is 23.8 Å². The Morgan fingerprint density at radius 1 is 1.40 bits per heavy atom. The Labute approximate surface area is 118 Å². The van der Waals surface area contributed by atoms with E-state index in [4.69, 9.17) is 16.2 Å². The summed E-state index contributed by atoms with van der Waals surface area (Å²) in [6.45, 7) is 5.92. The van der Waals surface area contributed by atoms with Gasteiger partial charge >= 0.3 is 6.09 Å². The number of amides is 1. The third kappa shape index (κ3) is 6.03. The lowest BCUT2D eigenvalue weighted by Crippen LogP contribution is -2.32. The van der Waals surface area contributed by atoms with Crippen molar-refractivity contribution in [3.05, 3.63) is 18.0 Å². The molecule has 0 aliphatic carbocycles. The normalized spacial score (nSPS) is 11.6. The van der Waals surface area contributed by atoms with Crippen LogP contribution in [0.5, 0.6) is 0 Å². The van der Waals surface area contributed by atoms with Crippen molar-refractivity contribution in [3.63, 3.8) is 0 Å². The molecule has 1 rings (SSSR count). The second-order valence-corrected chi connectivity index (χ2v) is 5.19. The number of aromatic nitrogens is 2. The fourth-order valence-electron chi connectivity index (χ4n) is 1.28. The van der Waals surface area contributed by atoms with Crippen LogP contribution in [0, 0.1) is 0 Å². The van der Waals surface area contributed by atoms with Gasteiger partial charge in [-0.3, -0.25) is 0 Å². The van der Waals surface area contributed by atoms with Crippen molar-refractivity contribution in [2.75, 3.05) is 18.0 Å². The van der Waals surface area contributed by atoms with Crippen LogP contribution in [0.15, 0.2) is 12.3 Å². The highest BCUT2D eigenvalue weighted by Gasteiger charge is 2.15. The summed E-state index contributed by atoms with van der Waals surface area (Å²) in [6, 6.07) is 0. The number of hydrogen-bond donors (Lipinski definition) is 3. The molecule has 0 aliphatic heterocycles. The molecule has 0 aromatic carbocycles. The van der Waals surface area contributed by atoms with Gasteiger partial charge in [0.15, 0.2) is 11.6 Å². The number of nitrogens with one attached hydrogen (secondary N) is 1. The van der Waals surface area contributed by atoms with E-state index in [2.05, 4.69) is 15.3 Å². The smallest absolute Gasteiger partial charge is 0.407 e.